The fraction of sp³-hybridized carbons (Fsp3) is 0.115. The number of halogens is 2. The molecule has 0 amide bonds. The molecule has 166 valence electrons. The average Bonchev–Trinajstić information content (AvgIpc) is 2.85. The first-order valence-electron chi connectivity index (χ1n) is 10.3. The van der Waals surface area contributed by atoms with Gasteiger partial charge in [0.25, 0.3) is 0 Å². The number of thioether (sulfide) groups is 1. The average molecular weight is 495 g/mol. The molecule has 4 rings (SSSR count). The Morgan fingerprint density at radius 2 is 1.58 bits per heavy atom. The van der Waals surface area contributed by atoms with E-state index in [2.05, 4.69) is 10.2 Å². The SMILES string of the molecule is CCOC(=O)c1c(SCc2cc(Cl)ccc2Cl)nnc(-c2ccccc2)c1-c1ccccc1. The second kappa shape index (κ2) is 10.8. The van der Waals surface area contributed by atoms with Gasteiger partial charge in [0.2, 0.25) is 0 Å². The molecule has 0 atom stereocenters. The summed E-state index contributed by atoms with van der Waals surface area (Å²) in [5, 5.41) is 10.7. The molecule has 33 heavy (non-hydrogen) atoms. The molecule has 1 heterocycles. The molecular formula is C26H20Cl2N2O2S. The lowest BCUT2D eigenvalue weighted by molar-refractivity contribution is 0.0522. The van der Waals surface area contributed by atoms with Crippen LogP contribution in [0.25, 0.3) is 22.4 Å². The monoisotopic (exact) mass is 494 g/mol. The van der Waals surface area contributed by atoms with Crippen molar-refractivity contribution in [3.63, 3.8) is 0 Å². The lowest BCUT2D eigenvalue weighted by Gasteiger charge is -2.16. The zero-order valence-electron chi connectivity index (χ0n) is 17.8. The quantitative estimate of drug-likeness (QED) is 0.195. The van der Waals surface area contributed by atoms with E-state index in [-0.39, 0.29) is 6.61 Å². The second-order valence-corrected chi connectivity index (χ2v) is 8.89. The van der Waals surface area contributed by atoms with Gasteiger partial charge < -0.3 is 4.74 Å². The van der Waals surface area contributed by atoms with Crippen LogP contribution in [-0.4, -0.2) is 22.8 Å². The van der Waals surface area contributed by atoms with Crippen LogP contribution in [0.3, 0.4) is 0 Å². The third-order valence-corrected chi connectivity index (χ3v) is 6.52. The zero-order valence-corrected chi connectivity index (χ0v) is 20.1. The van der Waals surface area contributed by atoms with E-state index in [4.69, 9.17) is 27.9 Å². The van der Waals surface area contributed by atoms with Gasteiger partial charge in [-0.25, -0.2) is 4.79 Å². The second-order valence-electron chi connectivity index (χ2n) is 7.08. The van der Waals surface area contributed by atoms with Crippen molar-refractivity contribution in [2.24, 2.45) is 0 Å². The van der Waals surface area contributed by atoms with Crippen molar-refractivity contribution in [1.82, 2.24) is 10.2 Å². The molecule has 4 aromatic rings. The standard InChI is InChI=1S/C26H20Cl2N2O2S/c1-2-32-26(31)23-22(17-9-5-3-6-10-17)24(18-11-7-4-8-12-18)29-30-25(23)33-16-19-15-20(27)13-14-21(19)28/h3-15H,2,16H2,1H3. The molecule has 3 aromatic carbocycles. The molecule has 0 aliphatic carbocycles. The number of hydrogen-bond donors (Lipinski definition) is 0. The fourth-order valence-corrected chi connectivity index (χ4v) is 4.82. The Morgan fingerprint density at radius 1 is 0.909 bits per heavy atom. The maximum Gasteiger partial charge on any atom is 0.341 e. The number of benzene rings is 3. The minimum absolute atomic E-state index is 0.250. The molecular weight excluding hydrogens is 475 g/mol. The number of ether oxygens (including phenoxy) is 1. The molecule has 0 aliphatic rings. The van der Waals surface area contributed by atoms with E-state index in [0.717, 1.165) is 16.7 Å². The summed E-state index contributed by atoms with van der Waals surface area (Å²) in [4.78, 5) is 13.2. The van der Waals surface area contributed by atoms with E-state index in [1.165, 1.54) is 11.8 Å². The van der Waals surface area contributed by atoms with Crippen LogP contribution in [0.4, 0.5) is 0 Å². The van der Waals surface area contributed by atoms with Gasteiger partial charge >= 0.3 is 5.97 Å². The van der Waals surface area contributed by atoms with Gasteiger partial charge in [0, 0.05) is 26.9 Å². The van der Waals surface area contributed by atoms with Gasteiger partial charge in [0.05, 0.1) is 6.61 Å². The zero-order chi connectivity index (χ0) is 23.2. The van der Waals surface area contributed by atoms with Crippen molar-refractivity contribution in [3.8, 4) is 22.4 Å². The highest BCUT2D eigenvalue weighted by atomic mass is 35.5. The Bertz CT molecular complexity index is 1270. The highest BCUT2D eigenvalue weighted by molar-refractivity contribution is 7.98. The summed E-state index contributed by atoms with van der Waals surface area (Å²) in [6, 6.07) is 24.7. The number of aromatic nitrogens is 2. The van der Waals surface area contributed by atoms with Crippen LogP contribution in [0.2, 0.25) is 10.0 Å². The smallest absolute Gasteiger partial charge is 0.341 e. The molecule has 0 saturated heterocycles. The van der Waals surface area contributed by atoms with Gasteiger partial charge in [-0.15, -0.1) is 10.2 Å². The van der Waals surface area contributed by atoms with Crippen molar-refractivity contribution < 1.29 is 9.53 Å². The Labute approximate surface area is 206 Å². The van der Waals surface area contributed by atoms with Crippen molar-refractivity contribution in [2.75, 3.05) is 6.61 Å². The minimum Gasteiger partial charge on any atom is -0.462 e. The molecule has 0 radical (unpaired) electrons. The van der Waals surface area contributed by atoms with Crippen LogP contribution in [0.15, 0.2) is 83.9 Å². The predicted molar refractivity (Wildman–Crippen MR) is 135 cm³/mol. The van der Waals surface area contributed by atoms with Gasteiger partial charge in [-0.3, -0.25) is 0 Å². The largest absolute Gasteiger partial charge is 0.462 e. The first-order valence-corrected chi connectivity index (χ1v) is 12.1. The third kappa shape index (κ3) is 5.38. The minimum atomic E-state index is -0.442. The molecule has 0 N–H and O–H groups in total. The first-order chi connectivity index (χ1) is 16.1. The van der Waals surface area contributed by atoms with Gasteiger partial charge in [0.15, 0.2) is 0 Å². The van der Waals surface area contributed by atoms with Crippen molar-refractivity contribution >= 4 is 40.9 Å². The summed E-state index contributed by atoms with van der Waals surface area (Å²) in [5.74, 6) is 0.0301. The Balaban J connectivity index is 1.88. The van der Waals surface area contributed by atoms with Crippen LogP contribution in [0.5, 0.6) is 0 Å². The fourth-order valence-electron chi connectivity index (χ4n) is 3.40. The summed E-state index contributed by atoms with van der Waals surface area (Å²) in [6.07, 6.45) is 0. The van der Waals surface area contributed by atoms with E-state index in [1.54, 1.807) is 19.1 Å². The number of hydrogen-bond acceptors (Lipinski definition) is 5. The maximum absolute atomic E-state index is 13.2. The van der Waals surface area contributed by atoms with E-state index < -0.39 is 5.97 Å². The third-order valence-electron chi connectivity index (χ3n) is 4.90. The first kappa shape index (κ1) is 23.3. The van der Waals surface area contributed by atoms with Crippen LogP contribution in [-0.2, 0) is 10.5 Å². The topological polar surface area (TPSA) is 52.1 Å². The Morgan fingerprint density at radius 3 is 2.24 bits per heavy atom. The predicted octanol–water partition coefficient (Wildman–Crippen LogP) is 7.59. The van der Waals surface area contributed by atoms with Crippen molar-refractivity contribution in [1.29, 1.82) is 0 Å². The summed E-state index contributed by atoms with van der Waals surface area (Å²) in [7, 11) is 0. The molecule has 0 unspecified atom stereocenters. The molecule has 0 fully saturated rings. The molecule has 7 heteroatoms. The maximum atomic E-state index is 13.2. The van der Waals surface area contributed by atoms with E-state index in [0.29, 0.717) is 37.6 Å². The number of carbonyl (C=O) groups is 1. The number of carbonyl (C=O) groups excluding carboxylic acids is 1. The van der Waals surface area contributed by atoms with Crippen LogP contribution in [0.1, 0.15) is 22.8 Å². The van der Waals surface area contributed by atoms with Gasteiger partial charge in [0.1, 0.15) is 16.3 Å². The van der Waals surface area contributed by atoms with Gasteiger partial charge in [-0.1, -0.05) is 95.6 Å². The molecule has 0 saturated carbocycles. The molecule has 1 aromatic heterocycles. The van der Waals surface area contributed by atoms with E-state index in [9.17, 15) is 4.79 Å². The van der Waals surface area contributed by atoms with Crippen molar-refractivity contribution in [2.45, 2.75) is 17.7 Å². The van der Waals surface area contributed by atoms with E-state index in [1.807, 2.05) is 66.7 Å². The summed E-state index contributed by atoms with van der Waals surface area (Å²) >= 11 is 13.9. The number of nitrogens with zero attached hydrogens (tertiary/aromatic N) is 2. The highest BCUT2D eigenvalue weighted by Gasteiger charge is 2.26. The highest BCUT2D eigenvalue weighted by Crippen LogP contribution is 2.39. The van der Waals surface area contributed by atoms with E-state index >= 15 is 0 Å². The van der Waals surface area contributed by atoms with Crippen molar-refractivity contribution in [3.05, 3.63) is 100 Å². The van der Waals surface area contributed by atoms with Gasteiger partial charge in [-0.05, 0) is 36.2 Å². The summed E-state index contributed by atoms with van der Waals surface area (Å²) in [6.45, 7) is 2.03. The Hall–Kier alpha value is -2.86. The van der Waals surface area contributed by atoms with Crippen LogP contribution < -0.4 is 0 Å². The van der Waals surface area contributed by atoms with Gasteiger partial charge in [-0.2, -0.15) is 0 Å². The normalized spacial score (nSPS) is 10.8. The summed E-state index contributed by atoms with van der Waals surface area (Å²) in [5.41, 5.74) is 4.27. The summed E-state index contributed by atoms with van der Waals surface area (Å²) < 4.78 is 5.45. The Kier molecular flexibility index (Phi) is 7.65. The number of esters is 1. The molecule has 0 spiro atoms. The molecule has 0 aliphatic heterocycles. The van der Waals surface area contributed by atoms with Crippen LogP contribution >= 0.6 is 35.0 Å². The van der Waals surface area contributed by atoms with Crippen LogP contribution in [0, 0.1) is 0 Å². The molecule has 0 bridgehead atoms. The lowest BCUT2D eigenvalue weighted by Crippen LogP contribution is -2.12. The lowest BCUT2D eigenvalue weighted by atomic mass is 9.96. The number of rotatable bonds is 7. The molecule has 4 nitrogen and oxygen atoms in total.